The molecular weight excluding hydrogens is 216 g/mol. The van der Waals surface area contributed by atoms with Crippen molar-refractivity contribution in [1.29, 1.82) is 0 Å². The van der Waals surface area contributed by atoms with Gasteiger partial charge in [0.25, 0.3) is 0 Å². The number of hydrogen-bond donors (Lipinski definition) is 0. The van der Waals surface area contributed by atoms with Gasteiger partial charge in [-0.05, 0) is 5.92 Å². The summed E-state index contributed by atoms with van der Waals surface area (Å²) in [5.41, 5.74) is 0. The van der Waals surface area contributed by atoms with E-state index >= 15 is 0 Å². The van der Waals surface area contributed by atoms with Gasteiger partial charge in [-0.2, -0.15) is 0 Å². The van der Waals surface area contributed by atoms with Crippen LogP contribution in [0.2, 0.25) is 0 Å². The van der Waals surface area contributed by atoms with E-state index in [0.717, 1.165) is 12.3 Å². The summed E-state index contributed by atoms with van der Waals surface area (Å²) in [6.45, 7) is 3.89. The van der Waals surface area contributed by atoms with Gasteiger partial charge >= 0.3 is 0 Å². The molecule has 1 aliphatic carbocycles. The van der Waals surface area contributed by atoms with E-state index in [9.17, 15) is 0 Å². The first kappa shape index (κ1) is 16.1. The van der Waals surface area contributed by atoms with Crippen LogP contribution in [0, 0.1) is 12.8 Å². The van der Waals surface area contributed by atoms with Crippen LogP contribution in [-0.2, 0) is 0 Å². The molecule has 1 fully saturated rings. The highest BCUT2D eigenvalue weighted by atomic mass is 14.2. The van der Waals surface area contributed by atoms with Gasteiger partial charge in [0.1, 0.15) is 0 Å². The normalized spacial score (nSPS) is 17.2. The van der Waals surface area contributed by atoms with Crippen molar-refractivity contribution >= 4 is 0 Å². The molecule has 107 valence electrons. The quantitative estimate of drug-likeness (QED) is 0.359. The minimum absolute atomic E-state index is 1.10. The fourth-order valence-corrected chi connectivity index (χ4v) is 3.32. The van der Waals surface area contributed by atoms with Crippen molar-refractivity contribution < 1.29 is 0 Å². The van der Waals surface area contributed by atoms with Gasteiger partial charge in [0, 0.05) is 0 Å². The minimum atomic E-state index is 1.10. The van der Waals surface area contributed by atoms with E-state index in [0.29, 0.717) is 0 Å². The zero-order valence-electron chi connectivity index (χ0n) is 12.6. The van der Waals surface area contributed by atoms with Crippen LogP contribution in [0.5, 0.6) is 0 Å². The van der Waals surface area contributed by atoms with Crippen LogP contribution >= 0.6 is 0 Å². The van der Waals surface area contributed by atoms with Crippen molar-refractivity contribution in [3.63, 3.8) is 0 Å². The Morgan fingerprint density at radius 2 is 1.11 bits per heavy atom. The Morgan fingerprint density at radius 1 is 0.611 bits per heavy atom. The molecule has 0 heteroatoms. The number of hydrogen-bond acceptors (Lipinski definition) is 0. The maximum atomic E-state index is 3.89. The maximum absolute atomic E-state index is 3.89. The molecule has 0 saturated heterocycles. The van der Waals surface area contributed by atoms with Crippen LogP contribution < -0.4 is 0 Å². The lowest BCUT2D eigenvalue weighted by Gasteiger charge is -2.21. The Hall–Kier alpha value is 0. The van der Waals surface area contributed by atoms with Crippen LogP contribution in [0.25, 0.3) is 0 Å². The molecule has 0 aromatic heterocycles. The second-order valence-electron chi connectivity index (χ2n) is 6.33. The molecule has 0 spiro atoms. The average Bonchev–Trinajstić information content (AvgIpc) is 2.42. The highest BCUT2D eigenvalue weighted by molar-refractivity contribution is 4.65. The van der Waals surface area contributed by atoms with E-state index in [1.165, 1.54) is 96.3 Å². The summed E-state index contributed by atoms with van der Waals surface area (Å²) < 4.78 is 0. The molecule has 0 aromatic rings. The SMILES string of the molecule is [CH2]CCCCCCCCCCCC1CCCCC1. The van der Waals surface area contributed by atoms with Crippen molar-refractivity contribution in [2.24, 2.45) is 5.92 Å². The molecular formula is C18H35. The third-order valence-corrected chi connectivity index (χ3v) is 4.59. The van der Waals surface area contributed by atoms with E-state index in [1.807, 2.05) is 0 Å². The zero-order chi connectivity index (χ0) is 12.9. The Balaban J connectivity index is 1.73. The lowest BCUT2D eigenvalue weighted by molar-refractivity contribution is 0.328. The monoisotopic (exact) mass is 251 g/mol. The highest BCUT2D eigenvalue weighted by Gasteiger charge is 2.12. The smallest absolute Gasteiger partial charge is 0.0414 e. The standard InChI is InChI=1S/C18H35/c1-2-3-4-5-6-7-8-9-10-12-15-18-16-13-11-14-17-18/h18H,1-17H2. The number of unbranched alkanes of at least 4 members (excludes halogenated alkanes) is 9. The Kier molecular flexibility index (Phi) is 10.8. The van der Waals surface area contributed by atoms with E-state index in [4.69, 9.17) is 0 Å². The van der Waals surface area contributed by atoms with Crippen LogP contribution in [0.15, 0.2) is 0 Å². The molecule has 1 saturated carbocycles. The molecule has 0 aromatic carbocycles. The molecule has 0 heterocycles. The van der Waals surface area contributed by atoms with Gasteiger partial charge in [-0.15, -0.1) is 0 Å². The van der Waals surface area contributed by atoms with Crippen molar-refractivity contribution in [3.05, 3.63) is 6.92 Å². The molecule has 1 rings (SSSR count). The van der Waals surface area contributed by atoms with E-state index < -0.39 is 0 Å². The molecule has 0 unspecified atom stereocenters. The van der Waals surface area contributed by atoms with Gasteiger partial charge in [-0.25, -0.2) is 0 Å². The highest BCUT2D eigenvalue weighted by Crippen LogP contribution is 2.28. The van der Waals surface area contributed by atoms with Crippen LogP contribution in [-0.4, -0.2) is 0 Å². The average molecular weight is 251 g/mol. The van der Waals surface area contributed by atoms with Crippen LogP contribution in [0.4, 0.5) is 0 Å². The maximum Gasteiger partial charge on any atom is -0.0414 e. The minimum Gasteiger partial charge on any atom is -0.0533 e. The second kappa shape index (κ2) is 12.1. The fourth-order valence-electron chi connectivity index (χ4n) is 3.32. The van der Waals surface area contributed by atoms with Crippen molar-refractivity contribution in [2.45, 2.75) is 103 Å². The van der Waals surface area contributed by atoms with Gasteiger partial charge in [0.2, 0.25) is 0 Å². The summed E-state index contributed by atoms with van der Waals surface area (Å²) in [6.07, 6.45) is 23.3. The van der Waals surface area contributed by atoms with Gasteiger partial charge < -0.3 is 0 Å². The van der Waals surface area contributed by atoms with Crippen molar-refractivity contribution in [2.75, 3.05) is 0 Å². The molecule has 0 bridgehead atoms. The topological polar surface area (TPSA) is 0 Å². The molecule has 1 radical (unpaired) electrons. The largest absolute Gasteiger partial charge is 0.0533 e. The van der Waals surface area contributed by atoms with Crippen LogP contribution in [0.3, 0.4) is 0 Å². The summed E-state index contributed by atoms with van der Waals surface area (Å²) in [5, 5.41) is 0. The zero-order valence-corrected chi connectivity index (χ0v) is 12.6. The first-order valence-electron chi connectivity index (χ1n) is 8.72. The molecule has 18 heavy (non-hydrogen) atoms. The summed E-state index contributed by atoms with van der Waals surface area (Å²) in [4.78, 5) is 0. The molecule has 0 aliphatic heterocycles. The molecule has 1 aliphatic rings. The lowest BCUT2D eigenvalue weighted by Crippen LogP contribution is -2.05. The fraction of sp³-hybridized carbons (Fsp3) is 0.944. The summed E-state index contributed by atoms with van der Waals surface area (Å²) in [6, 6.07) is 0. The first-order valence-corrected chi connectivity index (χ1v) is 8.72. The summed E-state index contributed by atoms with van der Waals surface area (Å²) >= 11 is 0. The van der Waals surface area contributed by atoms with Gasteiger partial charge in [-0.1, -0.05) is 110 Å². The van der Waals surface area contributed by atoms with E-state index in [1.54, 1.807) is 0 Å². The molecule has 0 nitrogen and oxygen atoms in total. The van der Waals surface area contributed by atoms with E-state index in [-0.39, 0.29) is 0 Å². The molecule has 0 amide bonds. The predicted molar refractivity (Wildman–Crippen MR) is 82.7 cm³/mol. The lowest BCUT2D eigenvalue weighted by atomic mass is 9.85. The molecule has 0 N–H and O–H groups in total. The van der Waals surface area contributed by atoms with Gasteiger partial charge in [0.05, 0.1) is 0 Å². The third-order valence-electron chi connectivity index (χ3n) is 4.59. The second-order valence-corrected chi connectivity index (χ2v) is 6.33. The first-order chi connectivity index (χ1) is 8.93. The van der Waals surface area contributed by atoms with Crippen molar-refractivity contribution in [1.82, 2.24) is 0 Å². The molecule has 0 atom stereocenters. The third kappa shape index (κ3) is 9.00. The summed E-state index contributed by atoms with van der Waals surface area (Å²) in [5.74, 6) is 1.10. The van der Waals surface area contributed by atoms with Gasteiger partial charge in [-0.3, -0.25) is 0 Å². The van der Waals surface area contributed by atoms with E-state index in [2.05, 4.69) is 6.92 Å². The van der Waals surface area contributed by atoms with Crippen LogP contribution in [0.1, 0.15) is 103 Å². The Bertz CT molecular complexity index is 155. The number of rotatable bonds is 11. The van der Waals surface area contributed by atoms with Gasteiger partial charge in [0.15, 0.2) is 0 Å². The summed E-state index contributed by atoms with van der Waals surface area (Å²) in [7, 11) is 0. The Morgan fingerprint density at radius 3 is 1.67 bits per heavy atom. The predicted octanol–water partition coefficient (Wildman–Crippen LogP) is 6.69. The Labute approximate surface area is 116 Å². The van der Waals surface area contributed by atoms with Crippen molar-refractivity contribution in [3.8, 4) is 0 Å².